The van der Waals surface area contributed by atoms with Crippen molar-refractivity contribution in [1.82, 2.24) is 4.31 Å². The zero-order valence-corrected chi connectivity index (χ0v) is 21.5. The molecule has 188 valence electrons. The van der Waals surface area contributed by atoms with Gasteiger partial charge in [-0.15, -0.1) is 0 Å². The predicted molar refractivity (Wildman–Crippen MR) is 136 cm³/mol. The van der Waals surface area contributed by atoms with E-state index in [0.717, 1.165) is 4.31 Å². The van der Waals surface area contributed by atoms with Crippen LogP contribution in [0.4, 0.5) is 5.69 Å². The molecule has 1 aliphatic heterocycles. The number of rotatable bonds is 7. The molecule has 0 unspecified atom stereocenters. The molecule has 0 spiro atoms. The third-order valence-corrected chi connectivity index (χ3v) is 8.03. The molecule has 4 rings (SSSR count). The summed E-state index contributed by atoms with van der Waals surface area (Å²) >= 11 is 12.2. The Kier molecular flexibility index (Phi) is 7.85. The van der Waals surface area contributed by atoms with E-state index in [2.05, 4.69) is 0 Å². The van der Waals surface area contributed by atoms with Crippen molar-refractivity contribution in [2.75, 3.05) is 25.1 Å². The van der Waals surface area contributed by atoms with Crippen LogP contribution >= 0.6 is 23.2 Å². The predicted octanol–water partition coefficient (Wildman–Crippen LogP) is 4.15. The summed E-state index contributed by atoms with van der Waals surface area (Å²) in [7, 11) is -2.91. The molecule has 0 saturated carbocycles. The van der Waals surface area contributed by atoms with E-state index in [1.54, 1.807) is 48.5 Å². The van der Waals surface area contributed by atoms with Crippen LogP contribution < -0.4 is 9.64 Å². The third-order valence-electron chi connectivity index (χ3n) is 5.61. The van der Waals surface area contributed by atoms with E-state index < -0.39 is 34.5 Å². The fraction of sp³-hybridized carbons (Fsp3) is 0.200. The summed E-state index contributed by atoms with van der Waals surface area (Å²) in [5, 5.41) is 0.741. The molecule has 3 aromatic rings. The Morgan fingerprint density at radius 3 is 2.39 bits per heavy atom. The van der Waals surface area contributed by atoms with Gasteiger partial charge >= 0.3 is 5.97 Å². The Labute approximate surface area is 219 Å². The lowest BCUT2D eigenvalue weighted by Crippen LogP contribution is -2.50. The molecule has 0 saturated heterocycles. The zero-order chi connectivity index (χ0) is 25.9. The van der Waals surface area contributed by atoms with Gasteiger partial charge in [-0.05, 0) is 48.0 Å². The number of esters is 1. The molecule has 36 heavy (non-hydrogen) atoms. The van der Waals surface area contributed by atoms with Gasteiger partial charge in [-0.2, -0.15) is 4.31 Å². The second kappa shape index (κ2) is 10.9. The van der Waals surface area contributed by atoms with E-state index in [9.17, 15) is 18.0 Å². The minimum atomic E-state index is -4.13. The Hall–Kier alpha value is -3.11. The molecule has 8 nitrogen and oxygen atoms in total. The average molecular weight is 549 g/mol. The van der Waals surface area contributed by atoms with Gasteiger partial charge in [0, 0.05) is 16.6 Å². The highest BCUT2D eigenvalue weighted by Gasteiger charge is 2.36. The first-order chi connectivity index (χ1) is 17.2. The van der Waals surface area contributed by atoms with E-state index in [4.69, 9.17) is 32.7 Å². The molecule has 0 aromatic heterocycles. The van der Waals surface area contributed by atoms with Crippen molar-refractivity contribution in [3.63, 3.8) is 0 Å². The monoisotopic (exact) mass is 548 g/mol. The normalized spacial score (nSPS) is 15.2. The Bertz CT molecular complexity index is 1380. The number of anilines is 1. The minimum Gasteiger partial charge on any atom is -0.475 e. The van der Waals surface area contributed by atoms with Crippen molar-refractivity contribution in [3.05, 3.63) is 88.4 Å². The second-order valence-electron chi connectivity index (χ2n) is 7.92. The minimum absolute atomic E-state index is 0.0263. The molecule has 1 heterocycles. The van der Waals surface area contributed by atoms with Gasteiger partial charge in [-0.3, -0.25) is 4.79 Å². The highest BCUT2D eigenvalue weighted by atomic mass is 35.5. The molecule has 0 radical (unpaired) electrons. The number of nitrogens with zero attached hydrogens (tertiary/aromatic N) is 2. The van der Waals surface area contributed by atoms with Gasteiger partial charge in [0.15, 0.2) is 0 Å². The largest absolute Gasteiger partial charge is 0.475 e. The number of hydrogen-bond acceptors (Lipinski definition) is 6. The molecule has 11 heteroatoms. The third kappa shape index (κ3) is 5.49. The van der Waals surface area contributed by atoms with Crippen molar-refractivity contribution in [2.45, 2.75) is 17.5 Å². The van der Waals surface area contributed by atoms with Crippen LogP contribution in [0.1, 0.15) is 5.56 Å². The quantitative estimate of drug-likeness (QED) is 0.411. The van der Waals surface area contributed by atoms with Gasteiger partial charge in [-0.25, -0.2) is 13.2 Å². The van der Waals surface area contributed by atoms with Gasteiger partial charge < -0.3 is 14.4 Å². The molecular formula is C25H22Cl2N2O6S. The lowest BCUT2D eigenvalue weighted by molar-refractivity contribution is -0.148. The van der Waals surface area contributed by atoms with Crippen molar-refractivity contribution < 1.29 is 27.5 Å². The number of ether oxygens (including phenoxy) is 2. The van der Waals surface area contributed by atoms with Gasteiger partial charge in [0.05, 0.1) is 30.8 Å². The number of methoxy groups -OCH3 is 1. The number of halogens is 2. The van der Waals surface area contributed by atoms with Crippen molar-refractivity contribution in [1.29, 1.82) is 0 Å². The van der Waals surface area contributed by atoms with Gasteiger partial charge in [0.2, 0.25) is 22.0 Å². The van der Waals surface area contributed by atoms with Gasteiger partial charge in [0.25, 0.3) is 0 Å². The van der Waals surface area contributed by atoms with E-state index >= 15 is 0 Å². The number of amides is 1. The molecular weight excluding hydrogens is 527 g/mol. The summed E-state index contributed by atoms with van der Waals surface area (Å²) in [4.78, 5) is 27.1. The summed E-state index contributed by atoms with van der Waals surface area (Å²) in [6, 6.07) is 19.2. The Morgan fingerprint density at radius 2 is 1.69 bits per heavy atom. The molecule has 0 aliphatic carbocycles. The van der Waals surface area contributed by atoms with Gasteiger partial charge in [-0.1, -0.05) is 53.5 Å². The first kappa shape index (κ1) is 26.0. The summed E-state index contributed by atoms with van der Waals surface area (Å²) in [6.45, 7) is -0.801. The second-order valence-corrected chi connectivity index (χ2v) is 10.7. The zero-order valence-electron chi connectivity index (χ0n) is 19.1. The number of sulfonamides is 1. The molecule has 0 bridgehead atoms. The van der Waals surface area contributed by atoms with Crippen LogP contribution in [0.5, 0.6) is 5.75 Å². The number of para-hydroxylation sites is 2. The highest BCUT2D eigenvalue weighted by molar-refractivity contribution is 7.89. The van der Waals surface area contributed by atoms with E-state index in [0.29, 0.717) is 27.0 Å². The van der Waals surface area contributed by atoms with Crippen molar-refractivity contribution in [3.8, 4) is 5.75 Å². The topological polar surface area (TPSA) is 93.2 Å². The van der Waals surface area contributed by atoms with Crippen LogP contribution in [-0.2, 0) is 30.9 Å². The van der Waals surface area contributed by atoms with Crippen LogP contribution in [-0.4, -0.2) is 50.9 Å². The fourth-order valence-electron chi connectivity index (χ4n) is 3.76. The SMILES string of the molecule is COC(=O)[C@@H]1CN(C(=O)CN(Cc2ccccc2Cl)S(=O)(=O)c2ccc(Cl)cc2)c2ccccc2O1. The summed E-state index contributed by atoms with van der Waals surface area (Å²) in [5.74, 6) is -0.890. The number of carbonyl (C=O) groups is 2. The molecule has 1 amide bonds. The highest BCUT2D eigenvalue weighted by Crippen LogP contribution is 2.34. The van der Waals surface area contributed by atoms with Crippen molar-refractivity contribution >= 4 is 50.8 Å². The van der Waals surface area contributed by atoms with Crippen LogP contribution in [0.2, 0.25) is 10.0 Å². The van der Waals surface area contributed by atoms with Crippen LogP contribution in [0.25, 0.3) is 0 Å². The first-order valence-electron chi connectivity index (χ1n) is 10.8. The van der Waals surface area contributed by atoms with Crippen LogP contribution in [0.3, 0.4) is 0 Å². The summed E-state index contributed by atoms with van der Waals surface area (Å²) in [6.07, 6.45) is -1.06. The van der Waals surface area contributed by atoms with E-state index in [1.165, 1.54) is 36.3 Å². The molecule has 1 atom stereocenters. The smallest absolute Gasteiger partial charge is 0.348 e. The Morgan fingerprint density at radius 1 is 1.03 bits per heavy atom. The fourth-order valence-corrected chi connectivity index (χ4v) is 5.45. The molecule has 1 aliphatic rings. The number of carbonyl (C=O) groups excluding carboxylic acids is 2. The number of hydrogen-bond donors (Lipinski definition) is 0. The lowest BCUT2D eigenvalue weighted by atomic mass is 10.2. The molecule has 3 aromatic carbocycles. The average Bonchev–Trinajstić information content (AvgIpc) is 2.88. The maximum absolute atomic E-state index is 13.6. The van der Waals surface area contributed by atoms with Crippen LogP contribution in [0.15, 0.2) is 77.7 Å². The van der Waals surface area contributed by atoms with Gasteiger partial charge in [0.1, 0.15) is 5.75 Å². The summed E-state index contributed by atoms with van der Waals surface area (Å²) in [5.41, 5.74) is 0.948. The maximum atomic E-state index is 13.6. The Balaban J connectivity index is 1.70. The number of benzene rings is 3. The number of fused-ring (bicyclic) bond motifs is 1. The standard InChI is InChI=1S/C25H22Cl2N2O6S/c1-34-25(31)23-15-29(21-8-4-5-9-22(21)35-23)24(30)16-28(14-17-6-2-3-7-20(17)27)36(32,33)19-12-10-18(26)11-13-19/h2-13,23H,14-16H2,1H3/t23-/m0/s1. The summed E-state index contributed by atoms with van der Waals surface area (Å²) < 4.78 is 38.8. The molecule has 0 fully saturated rings. The van der Waals surface area contributed by atoms with Crippen molar-refractivity contribution in [2.24, 2.45) is 0 Å². The van der Waals surface area contributed by atoms with E-state index in [1.807, 2.05) is 0 Å². The van der Waals surface area contributed by atoms with E-state index in [-0.39, 0.29) is 18.0 Å². The molecule has 0 N–H and O–H groups in total. The maximum Gasteiger partial charge on any atom is 0.348 e. The first-order valence-corrected chi connectivity index (χ1v) is 13.0. The lowest BCUT2D eigenvalue weighted by Gasteiger charge is -2.34. The van der Waals surface area contributed by atoms with Crippen LogP contribution in [0, 0.1) is 0 Å².